The van der Waals surface area contributed by atoms with Gasteiger partial charge in [-0.2, -0.15) is 0 Å². The molecule has 0 spiro atoms. The fourth-order valence-corrected chi connectivity index (χ4v) is 2.16. The van der Waals surface area contributed by atoms with Crippen LogP contribution in [0.25, 0.3) is 11.0 Å². The first-order chi connectivity index (χ1) is 12.4. The van der Waals surface area contributed by atoms with E-state index >= 15 is 0 Å². The molecule has 1 heterocycles. The molecule has 6 nitrogen and oxygen atoms in total. The van der Waals surface area contributed by atoms with Crippen LogP contribution in [0.5, 0.6) is 11.5 Å². The fraction of sp³-hybridized carbons (Fsp3) is 0.0500. The van der Waals surface area contributed by atoms with Gasteiger partial charge in [-0.15, -0.1) is 0 Å². The fourth-order valence-electron chi connectivity index (χ4n) is 2.16. The van der Waals surface area contributed by atoms with Crippen LogP contribution < -0.4 is 15.1 Å². The molecule has 2 aromatic carbocycles. The second-order valence-electron chi connectivity index (χ2n) is 5.52. The number of carbonyl (C=O) groups is 2. The number of fused-ring (bicyclic) bond motifs is 1. The Morgan fingerprint density at radius 1 is 0.962 bits per heavy atom. The summed E-state index contributed by atoms with van der Waals surface area (Å²) < 4.78 is 15.7. The molecule has 0 bridgehead atoms. The van der Waals surface area contributed by atoms with E-state index in [9.17, 15) is 14.4 Å². The summed E-state index contributed by atoms with van der Waals surface area (Å²) in [7, 11) is 0. The van der Waals surface area contributed by atoms with Gasteiger partial charge in [0.15, 0.2) is 11.5 Å². The Hall–Kier alpha value is -3.67. The Labute approximate surface area is 148 Å². The van der Waals surface area contributed by atoms with E-state index in [4.69, 9.17) is 13.9 Å². The molecule has 3 aromatic rings. The van der Waals surface area contributed by atoms with Gasteiger partial charge in [-0.3, -0.25) is 0 Å². The van der Waals surface area contributed by atoms with Gasteiger partial charge in [0.25, 0.3) is 0 Å². The van der Waals surface area contributed by atoms with Crippen molar-refractivity contribution in [3.05, 3.63) is 82.7 Å². The molecule has 0 radical (unpaired) electrons. The van der Waals surface area contributed by atoms with E-state index in [-0.39, 0.29) is 22.7 Å². The number of hydrogen-bond donors (Lipinski definition) is 0. The largest absolute Gasteiger partial charge is 0.423 e. The molecule has 0 saturated heterocycles. The summed E-state index contributed by atoms with van der Waals surface area (Å²) in [6.07, 6.45) is 0. The normalized spacial score (nSPS) is 10.3. The highest BCUT2D eigenvalue weighted by atomic mass is 16.6. The summed E-state index contributed by atoms with van der Waals surface area (Å²) in [6.45, 7) is 5.02. The van der Waals surface area contributed by atoms with Crippen molar-refractivity contribution in [2.75, 3.05) is 0 Å². The van der Waals surface area contributed by atoms with Crippen molar-refractivity contribution in [3.8, 4) is 11.5 Å². The molecule has 0 aliphatic carbocycles. The second-order valence-corrected chi connectivity index (χ2v) is 5.52. The first-order valence-electron chi connectivity index (χ1n) is 7.67. The summed E-state index contributed by atoms with van der Waals surface area (Å²) in [5.41, 5.74) is 0.150. The summed E-state index contributed by atoms with van der Waals surface area (Å²) >= 11 is 0. The average Bonchev–Trinajstić information content (AvgIpc) is 2.62. The topological polar surface area (TPSA) is 82.8 Å². The quantitative estimate of drug-likeness (QED) is 0.310. The van der Waals surface area contributed by atoms with E-state index < -0.39 is 17.6 Å². The highest BCUT2D eigenvalue weighted by Crippen LogP contribution is 2.33. The molecular weight excluding hydrogens is 336 g/mol. The first kappa shape index (κ1) is 17.2. The van der Waals surface area contributed by atoms with Crippen LogP contribution in [0.1, 0.15) is 17.3 Å². The molecular formula is C20H14O6. The van der Waals surface area contributed by atoms with Gasteiger partial charge < -0.3 is 13.9 Å². The van der Waals surface area contributed by atoms with Crippen molar-refractivity contribution in [1.29, 1.82) is 0 Å². The van der Waals surface area contributed by atoms with Gasteiger partial charge in [-0.05, 0) is 31.2 Å². The lowest BCUT2D eigenvalue weighted by molar-refractivity contribution is -0.130. The molecule has 0 atom stereocenters. The predicted molar refractivity (Wildman–Crippen MR) is 94.3 cm³/mol. The van der Waals surface area contributed by atoms with Gasteiger partial charge in [0, 0.05) is 23.1 Å². The van der Waals surface area contributed by atoms with Gasteiger partial charge in [-0.25, -0.2) is 14.4 Å². The Morgan fingerprint density at radius 2 is 1.65 bits per heavy atom. The number of ether oxygens (including phenoxy) is 2. The summed E-state index contributed by atoms with van der Waals surface area (Å²) in [5.74, 6) is -1.34. The highest BCUT2D eigenvalue weighted by molar-refractivity contribution is 5.94. The average molecular weight is 350 g/mol. The summed E-state index contributed by atoms with van der Waals surface area (Å²) in [4.78, 5) is 35.6. The van der Waals surface area contributed by atoms with Gasteiger partial charge in [0.2, 0.25) is 0 Å². The van der Waals surface area contributed by atoms with Crippen molar-refractivity contribution in [1.82, 2.24) is 0 Å². The molecule has 0 fully saturated rings. The van der Waals surface area contributed by atoms with Gasteiger partial charge >= 0.3 is 17.6 Å². The maximum absolute atomic E-state index is 12.3. The van der Waals surface area contributed by atoms with Crippen molar-refractivity contribution < 1.29 is 23.5 Å². The maximum Gasteiger partial charge on any atom is 0.343 e. The van der Waals surface area contributed by atoms with Crippen LogP contribution in [-0.2, 0) is 4.79 Å². The lowest BCUT2D eigenvalue weighted by Crippen LogP contribution is -2.12. The SMILES string of the molecule is C=C(C)C(=O)Oc1cc2ccc(=O)oc2cc1OC(=O)c1ccccc1. The molecule has 130 valence electrons. The molecule has 6 heteroatoms. The van der Waals surface area contributed by atoms with E-state index in [1.807, 2.05) is 0 Å². The van der Waals surface area contributed by atoms with Crippen LogP contribution in [0, 0.1) is 0 Å². The molecule has 26 heavy (non-hydrogen) atoms. The van der Waals surface area contributed by atoms with Crippen molar-refractivity contribution in [3.63, 3.8) is 0 Å². The molecule has 0 aliphatic heterocycles. The Balaban J connectivity index is 2.04. The molecule has 0 amide bonds. The number of esters is 2. The Bertz CT molecular complexity index is 1060. The third kappa shape index (κ3) is 3.70. The minimum Gasteiger partial charge on any atom is -0.423 e. The van der Waals surface area contributed by atoms with Crippen molar-refractivity contribution >= 4 is 22.9 Å². The number of carbonyl (C=O) groups excluding carboxylic acids is 2. The Kier molecular flexibility index (Phi) is 4.66. The van der Waals surface area contributed by atoms with Gasteiger partial charge in [0.1, 0.15) is 5.58 Å². The van der Waals surface area contributed by atoms with Crippen LogP contribution in [0.4, 0.5) is 0 Å². The van der Waals surface area contributed by atoms with Crippen LogP contribution in [0.15, 0.2) is 76.0 Å². The first-order valence-corrected chi connectivity index (χ1v) is 7.67. The van der Waals surface area contributed by atoms with E-state index in [2.05, 4.69) is 6.58 Å². The molecule has 0 unspecified atom stereocenters. The van der Waals surface area contributed by atoms with E-state index in [1.54, 1.807) is 30.3 Å². The second kappa shape index (κ2) is 7.06. The zero-order valence-corrected chi connectivity index (χ0v) is 13.9. The molecule has 3 rings (SSSR count). The third-order valence-corrected chi connectivity index (χ3v) is 3.45. The van der Waals surface area contributed by atoms with Crippen LogP contribution in [0.2, 0.25) is 0 Å². The van der Waals surface area contributed by atoms with Crippen LogP contribution in [0.3, 0.4) is 0 Å². The zero-order chi connectivity index (χ0) is 18.7. The van der Waals surface area contributed by atoms with Crippen LogP contribution >= 0.6 is 0 Å². The lowest BCUT2D eigenvalue weighted by Gasteiger charge is -2.11. The number of hydrogen-bond acceptors (Lipinski definition) is 6. The van der Waals surface area contributed by atoms with E-state index in [0.29, 0.717) is 10.9 Å². The minimum atomic E-state index is -0.668. The van der Waals surface area contributed by atoms with Crippen LogP contribution in [-0.4, -0.2) is 11.9 Å². The van der Waals surface area contributed by atoms with Gasteiger partial charge in [0.05, 0.1) is 5.56 Å². The molecule has 1 aromatic heterocycles. The lowest BCUT2D eigenvalue weighted by atomic mass is 10.2. The standard InChI is InChI=1S/C20H14O6/c1-12(2)19(22)25-16-10-14-8-9-18(21)24-15(14)11-17(16)26-20(23)13-6-4-3-5-7-13/h3-11H,1H2,2H3. The van der Waals surface area contributed by atoms with E-state index in [0.717, 1.165) is 0 Å². The zero-order valence-electron chi connectivity index (χ0n) is 13.9. The highest BCUT2D eigenvalue weighted by Gasteiger charge is 2.17. The van der Waals surface area contributed by atoms with Crippen molar-refractivity contribution in [2.45, 2.75) is 6.92 Å². The van der Waals surface area contributed by atoms with E-state index in [1.165, 1.54) is 31.2 Å². The molecule has 0 aliphatic rings. The monoisotopic (exact) mass is 350 g/mol. The minimum absolute atomic E-state index is 0.0173. The molecule has 0 N–H and O–H groups in total. The number of rotatable bonds is 4. The summed E-state index contributed by atoms with van der Waals surface area (Å²) in [5, 5.41) is 0.508. The molecule has 0 saturated carbocycles. The predicted octanol–water partition coefficient (Wildman–Crippen LogP) is 3.49. The Morgan fingerprint density at radius 3 is 2.35 bits per heavy atom. The summed E-state index contributed by atoms with van der Waals surface area (Å²) in [6, 6.07) is 13.9. The smallest absolute Gasteiger partial charge is 0.343 e. The van der Waals surface area contributed by atoms with Gasteiger partial charge in [-0.1, -0.05) is 24.8 Å². The number of benzene rings is 2. The third-order valence-electron chi connectivity index (χ3n) is 3.45. The van der Waals surface area contributed by atoms with Crippen molar-refractivity contribution in [2.24, 2.45) is 0 Å². The maximum atomic E-state index is 12.3.